The first kappa shape index (κ1) is 19.4. The van der Waals surface area contributed by atoms with Gasteiger partial charge in [-0.05, 0) is 0 Å². The summed E-state index contributed by atoms with van der Waals surface area (Å²) in [5, 5.41) is 1.37. The number of rotatable bonds is 4. The number of halogens is 2. The van der Waals surface area contributed by atoms with Crippen LogP contribution in [-0.4, -0.2) is 61.1 Å². The van der Waals surface area contributed by atoms with Gasteiger partial charge >= 0.3 is 168 Å². The number of carbonyl (C=O) groups is 1. The fraction of sp³-hybridized carbons (Fsp3) is 0.500. The van der Waals surface area contributed by atoms with Crippen LogP contribution in [0.2, 0.25) is 14.2 Å². The Labute approximate surface area is 167 Å². The van der Waals surface area contributed by atoms with Crippen LogP contribution in [0.1, 0.15) is 25.3 Å². The van der Waals surface area contributed by atoms with Crippen molar-refractivity contribution in [1.82, 2.24) is 9.80 Å². The Hall–Kier alpha value is -0.360. The molecule has 2 N–H and O–H groups in total. The van der Waals surface area contributed by atoms with E-state index >= 15 is 0 Å². The van der Waals surface area contributed by atoms with Gasteiger partial charge in [-0.25, -0.2) is 0 Å². The summed E-state index contributed by atoms with van der Waals surface area (Å²) in [5.74, 6) is 0. The maximum absolute atomic E-state index is 11.9. The monoisotopic (exact) mass is 483 g/mol. The minimum atomic E-state index is -2.44. The fourth-order valence-electron chi connectivity index (χ4n) is 4.01. The van der Waals surface area contributed by atoms with Crippen LogP contribution in [-0.2, 0) is 6.54 Å². The molecule has 1 saturated heterocycles. The van der Waals surface area contributed by atoms with E-state index in [0.717, 1.165) is 55.3 Å². The van der Waals surface area contributed by atoms with Gasteiger partial charge in [-0.1, -0.05) is 0 Å². The van der Waals surface area contributed by atoms with E-state index in [4.69, 9.17) is 28.9 Å². The first-order chi connectivity index (χ1) is 11.9. The Balaban J connectivity index is 1.64. The first-order valence-electron chi connectivity index (χ1n) is 8.85. The van der Waals surface area contributed by atoms with E-state index in [1.807, 2.05) is 12.1 Å². The number of hydrogen-bond donors (Lipinski definition) is 1. The van der Waals surface area contributed by atoms with Crippen molar-refractivity contribution >= 4 is 48.3 Å². The summed E-state index contributed by atoms with van der Waals surface area (Å²) in [6, 6.07) is 5.72. The van der Waals surface area contributed by atoms with Gasteiger partial charge in [-0.2, -0.15) is 0 Å². The van der Waals surface area contributed by atoms with Crippen molar-refractivity contribution < 1.29 is 4.79 Å². The van der Waals surface area contributed by atoms with Gasteiger partial charge < -0.3 is 0 Å². The van der Waals surface area contributed by atoms with Gasteiger partial charge in [0.1, 0.15) is 0 Å². The molecule has 2 aliphatic rings. The average molecular weight is 484 g/mol. The zero-order valence-electron chi connectivity index (χ0n) is 14.6. The molecule has 2 aliphatic heterocycles. The second-order valence-electron chi connectivity index (χ2n) is 7.05. The summed E-state index contributed by atoms with van der Waals surface area (Å²) in [5.41, 5.74) is 8.31. The van der Waals surface area contributed by atoms with Crippen molar-refractivity contribution in [2.75, 3.05) is 26.2 Å². The molecule has 3 rings (SSSR count). The summed E-state index contributed by atoms with van der Waals surface area (Å²) >= 11 is 9.76. The van der Waals surface area contributed by atoms with E-state index in [1.54, 1.807) is 6.07 Å². The predicted molar refractivity (Wildman–Crippen MR) is 105 cm³/mol. The van der Waals surface area contributed by atoms with Crippen molar-refractivity contribution in [1.29, 1.82) is 0 Å². The zero-order valence-corrected chi connectivity index (χ0v) is 19.4. The number of piperazine rings is 1. The van der Waals surface area contributed by atoms with Gasteiger partial charge in [-0.3, -0.25) is 0 Å². The molecular formula is C18H24Cl2InN3O. The summed E-state index contributed by atoms with van der Waals surface area (Å²) in [6.07, 6.45) is 2.27. The number of primary amides is 1. The van der Waals surface area contributed by atoms with Crippen LogP contribution in [0.3, 0.4) is 0 Å². The van der Waals surface area contributed by atoms with Crippen LogP contribution in [0.15, 0.2) is 27.2 Å². The number of allylic oxidation sites excluding steroid dienone is 1. The van der Waals surface area contributed by atoms with Crippen LogP contribution in [0.4, 0.5) is 4.79 Å². The van der Waals surface area contributed by atoms with E-state index in [0.29, 0.717) is 10.0 Å². The molecular weight excluding hydrogens is 460 g/mol. The number of hydrogen-bond acceptors (Lipinski definition) is 3. The van der Waals surface area contributed by atoms with E-state index in [2.05, 4.69) is 16.7 Å². The molecule has 0 spiro atoms. The molecule has 1 fully saturated rings. The van der Waals surface area contributed by atoms with Crippen molar-refractivity contribution in [3.05, 3.63) is 42.8 Å². The van der Waals surface area contributed by atoms with E-state index < -0.39 is 21.4 Å². The molecule has 0 aliphatic carbocycles. The normalized spacial score (nSPS) is 19.5. The Kier molecular flexibility index (Phi) is 6.64. The van der Waals surface area contributed by atoms with Crippen molar-refractivity contribution in [3.63, 3.8) is 0 Å². The molecule has 1 amide bonds. The average Bonchev–Trinajstić information content (AvgIpc) is 2.54. The standard InChI is InChI=1S/C17H22Cl2N2.CH2NO.In/c1-3-4-14(2)12-20-5-7-21(8-6-20)13-15-9-16(18)11-17(19)10-15;2-1-3;/h9-11H,1,3-8,13H2,2H3;(H2,2,3);. The number of amides is 1. The van der Waals surface area contributed by atoms with Gasteiger partial charge in [0, 0.05) is 0 Å². The minimum absolute atomic E-state index is 0.0202. The fourth-order valence-corrected chi connectivity index (χ4v) is 12.8. The van der Waals surface area contributed by atoms with Crippen molar-refractivity contribution in [2.45, 2.75) is 30.5 Å². The molecule has 2 heterocycles. The second-order valence-corrected chi connectivity index (χ2v) is 15.9. The van der Waals surface area contributed by atoms with Crippen LogP contribution in [0.5, 0.6) is 0 Å². The molecule has 0 radical (unpaired) electrons. The zero-order chi connectivity index (χ0) is 18.0. The molecule has 0 atom stereocenters. The Morgan fingerprint density at radius 3 is 2.40 bits per heavy atom. The molecule has 0 unspecified atom stereocenters. The third-order valence-corrected chi connectivity index (χ3v) is 14.7. The van der Waals surface area contributed by atoms with E-state index in [9.17, 15) is 4.79 Å². The molecule has 4 nitrogen and oxygen atoms in total. The Morgan fingerprint density at radius 2 is 1.80 bits per heavy atom. The van der Waals surface area contributed by atoms with E-state index in [1.165, 1.54) is 9.03 Å². The molecule has 0 bridgehead atoms. The third-order valence-electron chi connectivity index (χ3n) is 5.20. The topological polar surface area (TPSA) is 49.6 Å². The third kappa shape index (κ3) is 4.88. The number of nitrogens with zero attached hydrogens (tertiary/aromatic N) is 2. The SMILES string of the molecule is CC1=[C](N2CCN(Cc3cc(Cl)cc(Cl)c3)CC2)[In]([C](N)=O)[CH2]CC1. The summed E-state index contributed by atoms with van der Waals surface area (Å²) in [6.45, 7) is 6.97. The van der Waals surface area contributed by atoms with Crippen LogP contribution in [0.25, 0.3) is 0 Å². The van der Waals surface area contributed by atoms with Gasteiger partial charge in [0.2, 0.25) is 0 Å². The molecule has 1 aromatic rings. The van der Waals surface area contributed by atoms with Crippen LogP contribution < -0.4 is 5.73 Å². The van der Waals surface area contributed by atoms with Crippen molar-refractivity contribution in [2.24, 2.45) is 5.73 Å². The van der Waals surface area contributed by atoms with Gasteiger partial charge in [-0.15, -0.1) is 0 Å². The summed E-state index contributed by atoms with van der Waals surface area (Å²) in [7, 11) is 0. The molecule has 7 heteroatoms. The van der Waals surface area contributed by atoms with E-state index in [-0.39, 0.29) is 3.66 Å². The second kappa shape index (κ2) is 8.55. The Bertz CT molecular complexity index is 667. The quantitative estimate of drug-likeness (QED) is 0.707. The molecule has 134 valence electrons. The van der Waals surface area contributed by atoms with Crippen LogP contribution >= 0.6 is 23.2 Å². The summed E-state index contributed by atoms with van der Waals surface area (Å²) in [4.78, 5) is 16.8. The Morgan fingerprint density at radius 1 is 1.16 bits per heavy atom. The summed E-state index contributed by atoms with van der Waals surface area (Å²) < 4.78 is 2.50. The molecule has 0 aromatic heterocycles. The van der Waals surface area contributed by atoms with Gasteiger partial charge in [0.25, 0.3) is 0 Å². The van der Waals surface area contributed by atoms with Crippen molar-refractivity contribution in [3.8, 4) is 0 Å². The van der Waals surface area contributed by atoms with Gasteiger partial charge in [0.05, 0.1) is 0 Å². The number of carbonyl (C=O) groups excluding carboxylic acids is 1. The molecule has 0 saturated carbocycles. The van der Waals surface area contributed by atoms with Crippen LogP contribution in [0, 0.1) is 0 Å². The number of nitrogens with two attached hydrogens (primary N) is 1. The predicted octanol–water partition coefficient (Wildman–Crippen LogP) is 3.87. The number of benzene rings is 1. The molecule has 1 aromatic carbocycles. The maximum atomic E-state index is 11.9. The van der Waals surface area contributed by atoms with Gasteiger partial charge in [0.15, 0.2) is 0 Å². The first-order valence-corrected chi connectivity index (χ1v) is 15.2. The molecule has 25 heavy (non-hydrogen) atoms.